The number of ether oxygens (including phenoxy) is 2. The Morgan fingerprint density at radius 1 is 1.11 bits per heavy atom. The first-order valence-electron chi connectivity index (χ1n) is 15.2. The number of carbonyl (C=O) groups is 1. The zero-order chi connectivity index (χ0) is 32.0. The molecule has 5 aromatic rings. The van der Waals surface area contributed by atoms with Crippen LogP contribution in [0.1, 0.15) is 48.1 Å². The van der Waals surface area contributed by atoms with Gasteiger partial charge in [0.05, 0.1) is 59.9 Å². The molecule has 1 fully saturated rings. The summed E-state index contributed by atoms with van der Waals surface area (Å²) in [5.74, 6) is 0.00709. The van der Waals surface area contributed by atoms with E-state index in [1.54, 1.807) is 12.1 Å². The van der Waals surface area contributed by atoms with Gasteiger partial charge in [-0.05, 0) is 61.7 Å². The van der Waals surface area contributed by atoms with Crippen molar-refractivity contribution in [2.24, 2.45) is 0 Å². The zero-order valence-electron chi connectivity index (χ0n) is 25.5. The molecule has 4 heterocycles. The maximum absolute atomic E-state index is 14.2. The molecule has 1 N–H and O–H groups in total. The van der Waals surface area contributed by atoms with Crippen LogP contribution in [0, 0.1) is 17.1 Å². The van der Waals surface area contributed by atoms with Gasteiger partial charge < -0.3 is 23.7 Å². The monoisotopic (exact) mass is 623 g/mol. The maximum atomic E-state index is 14.2. The Kier molecular flexibility index (Phi) is 9.21. The van der Waals surface area contributed by atoms with E-state index in [2.05, 4.69) is 30.9 Å². The number of carboxylic acids is 1. The smallest absolute Gasteiger partial charge is 0.307 e. The summed E-state index contributed by atoms with van der Waals surface area (Å²) in [5, 5.41) is 18.3. The van der Waals surface area contributed by atoms with Crippen molar-refractivity contribution in [2.45, 2.75) is 58.5 Å². The molecule has 236 valence electrons. The second-order valence-corrected chi connectivity index (χ2v) is 11.3. The summed E-state index contributed by atoms with van der Waals surface area (Å²) >= 11 is 0. The lowest BCUT2D eigenvalue weighted by molar-refractivity contribution is -0.136. The molecule has 0 aliphatic carbocycles. The van der Waals surface area contributed by atoms with Gasteiger partial charge in [-0.2, -0.15) is 5.26 Å². The van der Waals surface area contributed by atoms with Crippen molar-refractivity contribution < 1.29 is 23.8 Å². The van der Waals surface area contributed by atoms with E-state index in [1.807, 2.05) is 42.9 Å². The lowest BCUT2D eigenvalue weighted by atomic mass is 10.1. The summed E-state index contributed by atoms with van der Waals surface area (Å²) < 4.78 is 30.3. The van der Waals surface area contributed by atoms with E-state index < -0.39 is 11.8 Å². The van der Waals surface area contributed by atoms with Crippen LogP contribution in [-0.4, -0.2) is 59.3 Å². The molecular weight excluding hydrogens is 589 g/mol. The molecule has 46 heavy (non-hydrogen) atoms. The summed E-state index contributed by atoms with van der Waals surface area (Å²) in [6.07, 6.45) is 5.25. The Morgan fingerprint density at radius 2 is 1.96 bits per heavy atom. The predicted octanol–water partition coefficient (Wildman–Crippen LogP) is 4.96. The minimum Gasteiger partial charge on any atom is -0.484 e. The maximum Gasteiger partial charge on any atom is 0.307 e. The highest BCUT2D eigenvalue weighted by Crippen LogP contribution is 2.25. The first kappa shape index (κ1) is 30.7. The molecule has 0 radical (unpaired) electrons. The molecule has 1 aliphatic heterocycles. The molecule has 3 aromatic heterocycles. The Morgan fingerprint density at radius 3 is 2.72 bits per heavy atom. The highest BCUT2D eigenvalue weighted by molar-refractivity contribution is 5.79. The number of rotatable bonds is 12. The van der Waals surface area contributed by atoms with Gasteiger partial charge in [-0.1, -0.05) is 12.1 Å². The molecule has 1 saturated heterocycles. The number of fused-ring (bicyclic) bond motifs is 1. The number of piperidine rings is 1. The quantitative estimate of drug-likeness (QED) is 0.205. The van der Waals surface area contributed by atoms with Crippen molar-refractivity contribution in [1.29, 1.82) is 5.26 Å². The lowest BCUT2D eigenvalue weighted by Crippen LogP contribution is -2.38. The van der Waals surface area contributed by atoms with Crippen molar-refractivity contribution >= 4 is 17.0 Å². The van der Waals surface area contributed by atoms with E-state index in [0.29, 0.717) is 24.7 Å². The second-order valence-electron chi connectivity index (χ2n) is 11.3. The van der Waals surface area contributed by atoms with E-state index in [9.17, 15) is 14.3 Å². The van der Waals surface area contributed by atoms with Crippen LogP contribution in [0.25, 0.3) is 11.0 Å². The molecule has 0 atom stereocenters. The highest BCUT2D eigenvalue weighted by Gasteiger charge is 2.24. The number of nitrogens with zero attached hydrogens (tertiary/aromatic N) is 7. The van der Waals surface area contributed by atoms with Crippen molar-refractivity contribution in [1.82, 2.24) is 29.0 Å². The van der Waals surface area contributed by atoms with Crippen LogP contribution >= 0.6 is 0 Å². The summed E-state index contributed by atoms with van der Waals surface area (Å²) in [5.41, 5.74) is 4.37. The van der Waals surface area contributed by atoms with Gasteiger partial charge >= 0.3 is 5.97 Å². The van der Waals surface area contributed by atoms with Gasteiger partial charge in [-0.15, -0.1) is 0 Å². The Hall–Kier alpha value is -5.28. The minimum absolute atomic E-state index is 0.00723. The number of aryl methyl sites for hydroxylation is 1. The number of halogens is 1. The SMILES string of the molecule is CCn1cncc1Cn1c(CN2CCC(Oc3cccc(COc4ccc(C#N)cc4F)n3)CC2)nc2ccc(CC(=O)O)cc21. The molecule has 0 spiro atoms. The third kappa shape index (κ3) is 7.16. The molecule has 0 saturated carbocycles. The zero-order valence-corrected chi connectivity index (χ0v) is 25.5. The standard InChI is InChI=1S/C34H34FN7O4/c1-2-41-22-37-18-26(41)19-42-30-15-23(16-34(43)44)6-8-29(30)39-32(42)20-40-12-10-27(11-13-40)46-33-5-3-4-25(38-33)21-45-31-9-7-24(17-36)14-28(31)35/h3-9,14-15,18,22,27H,2,10-13,16,19-21H2,1H3,(H,43,44). The molecule has 11 nitrogen and oxygen atoms in total. The summed E-state index contributed by atoms with van der Waals surface area (Å²) in [7, 11) is 0. The summed E-state index contributed by atoms with van der Waals surface area (Å²) in [4.78, 5) is 27.6. The van der Waals surface area contributed by atoms with Crippen LogP contribution in [0.4, 0.5) is 4.39 Å². The number of benzene rings is 2. The van der Waals surface area contributed by atoms with Crippen LogP contribution in [0.5, 0.6) is 11.6 Å². The molecule has 0 unspecified atom stereocenters. The Balaban J connectivity index is 1.10. The van der Waals surface area contributed by atoms with E-state index >= 15 is 0 Å². The van der Waals surface area contributed by atoms with Gasteiger partial charge in [0, 0.05) is 31.9 Å². The van der Waals surface area contributed by atoms with Crippen LogP contribution in [-0.2, 0) is 37.5 Å². The van der Waals surface area contributed by atoms with Gasteiger partial charge in [0.25, 0.3) is 0 Å². The molecule has 12 heteroatoms. The normalized spacial score (nSPS) is 13.9. The van der Waals surface area contributed by atoms with Gasteiger partial charge in [0.2, 0.25) is 5.88 Å². The first-order chi connectivity index (χ1) is 22.4. The summed E-state index contributed by atoms with van der Waals surface area (Å²) in [6.45, 7) is 5.79. The number of hydrogen-bond donors (Lipinski definition) is 1. The second kappa shape index (κ2) is 13.8. The van der Waals surface area contributed by atoms with Crippen molar-refractivity contribution in [3.05, 3.63) is 101 Å². The lowest BCUT2D eigenvalue weighted by Gasteiger charge is -2.31. The Bertz CT molecular complexity index is 1890. The van der Waals surface area contributed by atoms with Crippen molar-refractivity contribution in [3.8, 4) is 17.7 Å². The third-order valence-electron chi connectivity index (χ3n) is 8.11. The van der Waals surface area contributed by atoms with Gasteiger partial charge in [-0.25, -0.2) is 19.3 Å². The van der Waals surface area contributed by atoms with Crippen molar-refractivity contribution in [3.63, 3.8) is 0 Å². The van der Waals surface area contributed by atoms with E-state index in [0.717, 1.165) is 66.7 Å². The molecule has 6 rings (SSSR count). The number of aliphatic carboxylic acids is 1. The minimum atomic E-state index is -0.867. The van der Waals surface area contributed by atoms with Gasteiger partial charge in [0.15, 0.2) is 11.6 Å². The third-order valence-corrected chi connectivity index (χ3v) is 8.11. The van der Waals surface area contributed by atoms with Gasteiger partial charge in [0.1, 0.15) is 18.5 Å². The fourth-order valence-corrected chi connectivity index (χ4v) is 5.73. The molecule has 0 amide bonds. The van der Waals surface area contributed by atoms with Crippen molar-refractivity contribution in [2.75, 3.05) is 13.1 Å². The number of likely N-dealkylation sites (tertiary alicyclic amines) is 1. The number of nitriles is 1. The predicted molar refractivity (Wildman–Crippen MR) is 167 cm³/mol. The largest absolute Gasteiger partial charge is 0.484 e. The Labute approximate surface area is 265 Å². The average molecular weight is 624 g/mol. The van der Waals surface area contributed by atoms with E-state index in [-0.39, 0.29) is 30.4 Å². The van der Waals surface area contributed by atoms with E-state index in [4.69, 9.17) is 19.7 Å². The molecule has 1 aliphatic rings. The van der Waals surface area contributed by atoms with Crippen LogP contribution in [0.3, 0.4) is 0 Å². The summed E-state index contributed by atoms with van der Waals surface area (Å²) in [6, 6.07) is 17.1. The molecule has 0 bridgehead atoms. The van der Waals surface area contributed by atoms with Crippen LogP contribution in [0.2, 0.25) is 0 Å². The van der Waals surface area contributed by atoms with Crippen LogP contribution < -0.4 is 9.47 Å². The first-order valence-corrected chi connectivity index (χ1v) is 15.2. The molecule has 2 aromatic carbocycles. The van der Waals surface area contributed by atoms with Crippen LogP contribution in [0.15, 0.2) is 67.1 Å². The molecular formula is C34H34FN7O4. The fourth-order valence-electron chi connectivity index (χ4n) is 5.73. The number of hydrogen-bond acceptors (Lipinski definition) is 8. The van der Waals surface area contributed by atoms with Gasteiger partial charge in [-0.3, -0.25) is 9.69 Å². The number of aromatic nitrogens is 5. The number of pyridine rings is 1. The average Bonchev–Trinajstić information content (AvgIpc) is 3.65. The topological polar surface area (TPSA) is 131 Å². The number of carboxylic acid groups (broad SMARTS) is 1. The number of imidazole rings is 2. The van der Waals surface area contributed by atoms with E-state index in [1.165, 1.54) is 12.1 Å². The highest BCUT2D eigenvalue weighted by atomic mass is 19.1. The fraction of sp³-hybridized carbons (Fsp3) is 0.324.